The third-order valence-electron chi connectivity index (χ3n) is 6.06. The molecule has 1 saturated carbocycles. The van der Waals surface area contributed by atoms with Crippen LogP contribution in [0.1, 0.15) is 69.6 Å². The van der Waals surface area contributed by atoms with Gasteiger partial charge in [0, 0.05) is 28.9 Å². The first-order chi connectivity index (χ1) is 13.3. The Morgan fingerprint density at radius 3 is 2.78 bits per heavy atom. The van der Waals surface area contributed by atoms with E-state index in [1.165, 1.54) is 50.5 Å². The highest BCUT2D eigenvalue weighted by atomic mass is 16.3. The Morgan fingerprint density at radius 2 is 1.96 bits per heavy atom. The van der Waals surface area contributed by atoms with Gasteiger partial charge in [0.25, 0.3) is 0 Å². The SMILES string of the molecule is Nc1ncc(-c2cnn(C3CCCCC3)c2)c2cc(C3=CCCCC3)oc12. The van der Waals surface area contributed by atoms with Crippen molar-refractivity contribution in [1.29, 1.82) is 0 Å². The average molecular weight is 362 g/mol. The van der Waals surface area contributed by atoms with Gasteiger partial charge < -0.3 is 10.2 Å². The van der Waals surface area contributed by atoms with Gasteiger partial charge in [0.05, 0.1) is 12.2 Å². The molecule has 0 bridgehead atoms. The zero-order chi connectivity index (χ0) is 18.2. The monoisotopic (exact) mass is 362 g/mol. The number of nitrogens with zero attached hydrogens (tertiary/aromatic N) is 3. The fourth-order valence-electron chi connectivity index (χ4n) is 4.52. The molecule has 140 valence electrons. The molecule has 0 aliphatic heterocycles. The van der Waals surface area contributed by atoms with Gasteiger partial charge in [-0.1, -0.05) is 25.3 Å². The molecule has 1 fully saturated rings. The highest BCUT2D eigenvalue weighted by Crippen LogP contribution is 2.38. The van der Waals surface area contributed by atoms with Gasteiger partial charge in [-0.2, -0.15) is 5.10 Å². The normalized spacial score (nSPS) is 18.7. The minimum Gasteiger partial charge on any atom is -0.453 e. The molecule has 5 rings (SSSR count). The maximum atomic E-state index is 6.14. The maximum absolute atomic E-state index is 6.14. The van der Waals surface area contributed by atoms with Gasteiger partial charge in [0.15, 0.2) is 11.4 Å². The standard InChI is InChI=1S/C22H26N4O/c23-22-21-18(11-20(27-21)15-7-3-1-4-8-15)19(13-24-22)16-12-25-26(14-16)17-9-5-2-6-10-17/h7,11-14,17H,1-6,8-10H2,(H2,23,24). The number of fused-ring (bicyclic) bond motifs is 1. The fourth-order valence-corrected chi connectivity index (χ4v) is 4.52. The number of nitrogens with two attached hydrogens (primary N) is 1. The number of hydrogen-bond acceptors (Lipinski definition) is 4. The van der Waals surface area contributed by atoms with Gasteiger partial charge in [0.1, 0.15) is 5.76 Å². The van der Waals surface area contributed by atoms with Crippen molar-refractivity contribution >= 4 is 22.4 Å². The molecular weight excluding hydrogens is 336 g/mol. The van der Waals surface area contributed by atoms with Gasteiger partial charge in [-0.05, 0) is 50.2 Å². The molecule has 5 heteroatoms. The number of nitrogen functional groups attached to an aromatic ring is 1. The Morgan fingerprint density at radius 1 is 1.07 bits per heavy atom. The predicted octanol–water partition coefficient (Wildman–Crippen LogP) is 5.74. The van der Waals surface area contributed by atoms with Crippen LogP contribution in [0.4, 0.5) is 5.82 Å². The molecule has 5 nitrogen and oxygen atoms in total. The Hall–Kier alpha value is -2.56. The second-order valence-electron chi connectivity index (χ2n) is 7.89. The van der Waals surface area contributed by atoms with E-state index in [9.17, 15) is 0 Å². The summed E-state index contributed by atoms with van der Waals surface area (Å²) in [6.45, 7) is 0. The van der Waals surface area contributed by atoms with Gasteiger partial charge in [-0.25, -0.2) is 4.98 Å². The Kier molecular flexibility index (Phi) is 4.23. The minimum absolute atomic E-state index is 0.455. The lowest BCUT2D eigenvalue weighted by Crippen LogP contribution is -2.12. The number of anilines is 1. The summed E-state index contributed by atoms with van der Waals surface area (Å²) in [5.41, 5.74) is 10.2. The molecule has 0 saturated heterocycles. The van der Waals surface area contributed by atoms with E-state index in [-0.39, 0.29) is 0 Å². The number of allylic oxidation sites excluding steroid dienone is 2. The van der Waals surface area contributed by atoms with Crippen LogP contribution in [-0.2, 0) is 0 Å². The molecule has 3 heterocycles. The molecule has 0 spiro atoms. The largest absolute Gasteiger partial charge is 0.453 e. The van der Waals surface area contributed by atoms with E-state index in [0.29, 0.717) is 17.4 Å². The van der Waals surface area contributed by atoms with Crippen molar-refractivity contribution in [3.05, 3.63) is 36.5 Å². The summed E-state index contributed by atoms with van der Waals surface area (Å²) in [4.78, 5) is 4.39. The molecule has 2 N–H and O–H groups in total. The molecule has 3 aromatic heterocycles. The number of furan rings is 1. The van der Waals surface area contributed by atoms with E-state index < -0.39 is 0 Å². The zero-order valence-corrected chi connectivity index (χ0v) is 15.7. The van der Waals surface area contributed by atoms with Gasteiger partial charge in [-0.15, -0.1) is 0 Å². The van der Waals surface area contributed by atoms with E-state index in [4.69, 9.17) is 10.2 Å². The van der Waals surface area contributed by atoms with Crippen LogP contribution in [0.25, 0.3) is 27.7 Å². The highest BCUT2D eigenvalue weighted by Gasteiger charge is 2.20. The van der Waals surface area contributed by atoms with Crippen LogP contribution in [0.2, 0.25) is 0 Å². The summed E-state index contributed by atoms with van der Waals surface area (Å²) >= 11 is 0. The van der Waals surface area contributed by atoms with Crippen LogP contribution in [0, 0.1) is 0 Å². The van der Waals surface area contributed by atoms with Gasteiger partial charge in [-0.3, -0.25) is 4.68 Å². The summed E-state index contributed by atoms with van der Waals surface area (Å²) in [5, 5.41) is 5.69. The molecule has 0 aromatic carbocycles. The van der Waals surface area contributed by atoms with Crippen molar-refractivity contribution in [2.75, 3.05) is 5.73 Å². The van der Waals surface area contributed by atoms with Crippen molar-refractivity contribution in [2.45, 2.75) is 63.8 Å². The molecule has 27 heavy (non-hydrogen) atoms. The molecule has 3 aromatic rings. The van der Waals surface area contributed by atoms with Gasteiger partial charge >= 0.3 is 0 Å². The summed E-state index contributed by atoms with van der Waals surface area (Å²) < 4.78 is 8.28. The van der Waals surface area contributed by atoms with Crippen LogP contribution in [0.5, 0.6) is 0 Å². The van der Waals surface area contributed by atoms with Crippen molar-refractivity contribution in [3.8, 4) is 11.1 Å². The van der Waals surface area contributed by atoms with E-state index in [2.05, 4.69) is 33.1 Å². The maximum Gasteiger partial charge on any atom is 0.177 e. The van der Waals surface area contributed by atoms with Crippen molar-refractivity contribution in [3.63, 3.8) is 0 Å². The van der Waals surface area contributed by atoms with E-state index in [1.807, 2.05) is 12.4 Å². The van der Waals surface area contributed by atoms with E-state index >= 15 is 0 Å². The Bertz CT molecular complexity index is 991. The lowest BCUT2D eigenvalue weighted by molar-refractivity contribution is 0.329. The Labute approximate surface area is 159 Å². The fraction of sp³-hybridized carbons (Fsp3) is 0.455. The van der Waals surface area contributed by atoms with Crippen LogP contribution in [0.3, 0.4) is 0 Å². The lowest BCUT2D eigenvalue weighted by Gasteiger charge is -2.21. The molecule has 2 aliphatic rings. The first kappa shape index (κ1) is 16.6. The molecule has 0 radical (unpaired) electrons. The summed E-state index contributed by atoms with van der Waals surface area (Å²) in [6.07, 6.45) is 19.3. The predicted molar refractivity (Wildman–Crippen MR) is 108 cm³/mol. The smallest absolute Gasteiger partial charge is 0.177 e. The molecule has 0 atom stereocenters. The first-order valence-electron chi connectivity index (χ1n) is 10.2. The van der Waals surface area contributed by atoms with E-state index in [0.717, 1.165) is 35.1 Å². The third-order valence-corrected chi connectivity index (χ3v) is 6.06. The molecule has 0 unspecified atom stereocenters. The minimum atomic E-state index is 0.455. The van der Waals surface area contributed by atoms with Gasteiger partial charge in [0.2, 0.25) is 0 Å². The summed E-state index contributed by atoms with van der Waals surface area (Å²) in [6, 6.07) is 2.66. The quantitative estimate of drug-likeness (QED) is 0.645. The highest BCUT2D eigenvalue weighted by molar-refractivity contribution is 5.99. The molecule has 0 amide bonds. The van der Waals surface area contributed by atoms with Crippen LogP contribution in [-0.4, -0.2) is 14.8 Å². The summed E-state index contributed by atoms with van der Waals surface area (Å²) in [7, 11) is 0. The van der Waals surface area contributed by atoms with Crippen LogP contribution in [0.15, 0.2) is 35.2 Å². The number of rotatable bonds is 3. The molecular formula is C22H26N4O. The van der Waals surface area contributed by atoms with Crippen LogP contribution < -0.4 is 5.73 Å². The zero-order valence-electron chi connectivity index (χ0n) is 15.7. The number of hydrogen-bond donors (Lipinski definition) is 1. The lowest BCUT2D eigenvalue weighted by atomic mass is 9.96. The molecule has 2 aliphatic carbocycles. The Balaban J connectivity index is 1.55. The van der Waals surface area contributed by atoms with Crippen molar-refractivity contribution < 1.29 is 4.42 Å². The van der Waals surface area contributed by atoms with Crippen LogP contribution >= 0.6 is 0 Å². The van der Waals surface area contributed by atoms with Crippen molar-refractivity contribution in [1.82, 2.24) is 14.8 Å². The second-order valence-corrected chi connectivity index (χ2v) is 7.89. The second kappa shape index (κ2) is 6.87. The average Bonchev–Trinajstić information content (AvgIpc) is 3.38. The third kappa shape index (κ3) is 3.05. The summed E-state index contributed by atoms with van der Waals surface area (Å²) in [5.74, 6) is 1.39. The van der Waals surface area contributed by atoms with E-state index in [1.54, 1.807) is 0 Å². The van der Waals surface area contributed by atoms with Crippen molar-refractivity contribution in [2.24, 2.45) is 0 Å². The topological polar surface area (TPSA) is 69.9 Å². The number of aromatic nitrogens is 3. The first-order valence-corrected chi connectivity index (χ1v) is 10.2. The number of pyridine rings is 1.